The molecule has 0 spiro atoms. The molecule has 0 aliphatic heterocycles. The van der Waals surface area contributed by atoms with E-state index in [9.17, 15) is 8.42 Å². The molecule has 0 unspecified atom stereocenters. The molecule has 0 radical (unpaired) electrons. The van der Waals surface area contributed by atoms with Crippen LogP contribution in [0.25, 0.3) is 0 Å². The number of rotatable bonds is 7. The van der Waals surface area contributed by atoms with E-state index in [2.05, 4.69) is 21.2 Å². The quantitative estimate of drug-likeness (QED) is 0.762. The van der Waals surface area contributed by atoms with Gasteiger partial charge in [-0.15, -0.1) is 22.7 Å². The Morgan fingerprint density at radius 3 is 2.71 bits per heavy atom. The van der Waals surface area contributed by atoms with E-state index in [0.717, 1.165) is 9.75 Å². The number of halogens is 1. The SMILES string of the molecule is CCN(Cc1cccs1)S(=O)(=O)c1cc(CNC)sc1Br. The van der Waals surface area contributed by atoms with Crippen molar-refractivity contribution in [2.75, 3.05) is 13.6 Å². The maximum atomic E-state index is 12.8. The van der Waals surface area contributed by atoms with Gasteiger partial charge in [0.1, 0.15) is 4.90 Å². The molecule has 8 heteroatoms. The fourth-order valence-corrected chi connectivity index (χ4v) is 6.79. The van der Waals surface area contributed by atoms with Crippen molar-refractivity contribution in [3.05, 3.63) is 37.1 Å². The summed E-state index contributed by atoms with van der Waals surface area (Å²) in [7, 11) is -1.64. The van der Waals surface area contributed by atoms with Gasteiger partial charge < -0.3 is 5.32 Å². The minimum atomic E-state index is -3.48. The number of thiophene rings is 2. The van der Waals surface area contributed by atoms with Crippen molar-refractivity contribution < 1.29 is 8.42 Å². The van der Waals surface area contributed by atoms with Crippen molar-refractivity contribution in [2.24, 2.45) is 0 Å². The van der Waals surface area contributed by atoms with Gasteiger partial charge in [-0.05, 0) is 40.5 Å². The summed E-state index contributed by atoms with van der Waals surface area (Å²) in [4.78, 5) is 2.40. The van der Waals surface area contributed by atoms with Crippen LogP contribution in [0.15, 0.2) is 32.3 Å². The van der Waals surface area contributed by atoms with E-state index >= 15 is 0 Å². The zero-order valence-electron chi connectivity index (χ0n) is 11.8. The third-order valence-electron chi connectivity index (χ3n) is 2.94. The average molecular weight is 409 g/mol. The summed E-state index contributed by atoms with van der Waals surface area (Å²) in [5.74, 6) is 0. The van der Waals surface area contributed by atoms with Gasteiger partial charge in [0, 0.05) is 29.4 Å². The van der Waals surface area contributed by atoms with Crippen molar-refractivity contribution in [3.63, 3.8) is 0 Å². The molecule has 0 amide bonds. The first-order valence-electron chi connectivity index (χ1n) is 6.44. The predicted molar refractivity (Wildman–Crippen MR) is 92.4 cm³/mol. The molecule has 2 rings (SSSR count). The first-order chi connectivity index (χ1) is 9.98. The fraction of sp³-hybridized carbons (Fsp3) is 0.385. The third-order valence-corrected chi connectivity index (χ3v) is 7.97. The molecule has 4 nitrogen and oxygen atoms in total. The summed E-state index contributed by atoms with van der Waals surface area (Å²) >= 11 is 6.41. The van der Waals surface area contributed by atoms with Gasteiger partial charge in [0.2, 0.25) is 10.0 Å². The summed E-state index contributed by atoms with van der Waals surface area (Å²) in [5.41, 5.74) is 0. The normalized spacial score (nSPS) is 12.2. The summed E-state index contributed by atoms with van der Waals surface area (Å²) in [6.07, 6.45) is 0. The lowest BCUT2D eigenvalue weighted by Gasteiger charge is -2.19. The Labute approximate surface area is 142 Å². The summed E-state index contributed by atoms with van der Waals surface area (Å²) in [6, 6.07) is 5.64. The maximum Gasteiger partial charge on any atom is 0.245 e. The van der Waals surface area contributed by atoms with Crippen LogP contribution in [0.2, 0.25) is 0 Å². The van der Waals surface area contributed by atoms with Crippen molar-refractivity contribution >= 4 is 48.6 Å². The number of hydrogen-bond acceptors (Lipinski definition) is 5. The predicted octanol–water partition coefficient (Wildman–Crippen LogP) is 3.50. The second kappa shape index (κ2) is 7.34. The smallest absolute Gasteiger partial charge is 0.245 e. The van der Waals surface area contributed by atoms with Crippen LogP contribution in [0.5, 0.6) is 0 Å². The van der Waals surface area contributed by atoms with E-state index in [-0.39, 0.29) is 0 Å². The van der Waals surface area contributed by atoms with Crippen LogP contribution in [-0.4, -0.2) is 26.3 Å². The first kappa shape index (κ1) is 17.1. The molecule has 0 aromatic carbocycles. The standard InChI is InChI=1S/C13H17BrN2O2S3/c1-3-16(9-10-5-4-6-19-10)21(17,18)12-7-11(8-15-2)20-13(12)14/h4-7,15H,3,8-9H2,1-2H3. The molecule has 0 atom stereocenters. The molecule has 21 heavy (non-hydrogen) atoms. The molecule has 2 heterocycles. The lowest BCUT2D eigenvalue weighted by atomic mass is 10.4. The molecular formula is C13H17BrN2O2S3. The van der Waals surface area contributed by atoms with E-state index in [1.807, 2.05) is 31.5 Å². The summed E-state index contributed by atoms with van der Waals surface area (Å²) in [6.45, 7) is 3.39. The van der Waals surface area contributed by atoms with Gasteiger partial charge in [-0.3, -0.25) is 0 Å². The minimum Gasteiger partial charge on any atom is -0.315 e. The Kier molecular flexibility index (Phi) is 5.98. The maximum absolute atomic E-state index is 12.8. The monoisotopic (exact) mass is 408 g/mol. The molecular weight excluding hydrogens is 392 g/mol. The zero-order chi connectivity index (χ0) is 15.5. The van der Waals surface area contributed by atoms with Gasteiger partial charge in [-0.25, -0.2) is 8.42 Å². The number of nitrogens with one attached hydrogen (secondary N) is 1. The van der Waals surface area contributed by atoms with E-state index in [1.54, 1.807) is 17.4 Å². The lowest BCUT2D eigenvalue weighted by molar-refractivity contribution is 0.426. The van der Waals surface area contributed by atoms with Crippen LogP contribution in [-0.2, 0) is 23.1 Å². The topological polar surface area (TPSA) is 49.4 Å². The molecule has 116 valence electrons. The summed E-state index contributed by atoms with van der Waals surface area (Å²) in [5, 5.41) is 5.00. The van der Waals surface area contributed by atoms with Gasteiger partial charge in [0.05, 0.1) is 3.79 Å². The highest BCUT2D eigenvalue weighted by Gasteiger charge is 2.27. The molecule has 0 saturated carbocycles. The Hall–Kier alpha value is -0.250. The van der Waals surface area contributed by atoms with Crippen LogP contribution in [0.4, 0.5) is 0 Å². The van der Waals surface area contributed by atoms with E-state index in [1.165, 1.54) is 15.6 Å². The van der Waals surface area contributed by atoms with Gasteiger partial charge in [0.25, 0.3) is 0 Å². The number of sulfonamides is 1. The average Bonchev–Trinajstić information content (AvgIpc) is 3.06. The molecule has 0 aliphatic rings. The molecule has 0 bridgehead atoms. The van der Waals surface area contributed by atoms with E-state index < -0.39 is 10.0 Å². The molecule has 1 N–H and O–H groups in total. The van der Waals surface area contributed by atoms with Crippen molar-refractivity contribution in [1.29, 1.82) is 0 Å². The van der Waals surface area contributed by atoms with Gasteiger partial charge in [0.15, 0.2) is 0 Å². The first-order valence-corrected chi connectivity index (χ1v) is 10.4. The highest BCUT2D eigenvalue weighted by Crippen LogP contribution is 2.34. The van der Waals surface area contributed by atoms with Gasteiger partial charge in [-0.2, -0.15) is 4.31 Å². The Bertz CT molecular complexity index is 680. The Balaban J connectivity index is 2.30. The van der Waals surface area contributed by atoms with Crippen LogP contribution in [0.1, 0.15) is 16.7 Å². The molecule has 2 aromatic heterocycles. The van der Waals surface area contributed by atoms with Crippen molar-refractivity contribution in [3.8, 4) is 0 Å². The van der Waals surface area contributed by atoms with Gasteiger partial charge in [-0.1, -0.05) is 13.0 Å². The van der Waals surface area contributed by atoms with E-state index in [4.69, 9.17) is 0 Å². The van der Waals surface area contributed by atoms with E-state index in [0.29, 0.717) is 28.3 Å². The molecule has 0 saturated heterocycles. The Morgan fingerprint density at radius 2 is 2.14 bits per heavy atom. The second-order valence-corrected chi connectivity index (χ2v) is 9.78. The van der Waals surface area contributed by atoms with Crippen LogP contribution in [0, 0.1) is 0 Å². The lowest BCUT2D eigenvalue weighted by Crippen LogP contribution is -2.30. The third kappa shape index (κ3) is 3.94. The zero-order valence-corrected chi connectivity index (χ0v) is 15.8. The number of hydrogen-bond donors (Lipinski definition) is 1. The highest BCUT2D eigenvalue weighted by molar-refractivity contribution is 9.11. The van der Waals surface area contributed by atoms with Crippen LogP contribution < -0.4 is 5.32 Å². The van der Waals surface area contributed by atoms with Gasteiger partial charge >= 0.3 is 0 Å². The Morgan fingerprint density at radius 1 is 1.38 bits per heavy atom. The highest BCUT2D eigenvalue weighted by atomic mass is 79.9. The minimum absolute atomic E-state index is 0.358. The summed E-state index contributed by atoms with van der Waals surface area (Å²) < 4.78 is 27.8. The van der Waals surface area contributed by atoms with Crippen LogP contribution in [0.3, 0.4) is 0 Å². The number of nitrogens with zero attached hydrogens (tertiary/aromatic N) is 1. The van der Waals surface area contributed by atoms with Crippen molar-refractivity contribution in [2.45, 2.75) is 24.9 Å². The fourth-order valence-electron chi connectivity index (χ4n) is 1.92. The van der Waals surface area contributed by atoms with Crippen molar-refractivity contribution in [1.82, 2.24) is 9.62 Å². The second-order valence-electron chi connectivity index (χ2n) is 4.39. The van der Waals surface area contributed by atoms with Crippen LogP contribution >= 0.6 is 38.6 Å². The molecule has 0 aliphatic carbocycles. The molecule has 0 fully saturated rings. The largest absolute Gasteiger partial charge is 0.315 e. The molecule has 2 aromatic rings.